The molecule has 6 unspecified atom stereocenters. The van der Waals surface area contributed by atoms with Crippen LogP contribution in [0.2, 0.25) is 0 Å². The number of benzene rings is 8. The van der Waals surface area contributed by atoms with Crippen LogP contribution >= 0.6 is 0 Å². The van der Waals surface area contributed by atoms with E-state index in [1.165, 1.54) is 97.7 Å². The van der Waals surface area contributed by atoms with Gasteiger partial charge in [0.1, 0.15) is 0 Å². The molecule has 1 nitrogen and oxygen atoms in total. The molecule has 5 aliphatic carbocycles. The van der Waals surface area contributed by atoms with E-state index in [2.05, 4.69) is 181 Å². The van der Waals surface area contributed by atoms with Crippen molar-refractivity contribution < 1.29 is 0 Å². The van der Waals surface area contributed by atoms with Crippen molar-refractivity contribution in [2.24, 2.45) is 29.1 Å². The summed E-state index contributed by atoms with van der Waals surface area (Å²) in [6.07, 6.45) is 5.82. The van der Waals surface area contributed by atoms with Gasteiger partial charge in [0.25, 0.3) is 0 Å². The molecule has 6 atom stereocenters. The Labute approximate surface area is 322 Å². The van der Waals surface area contributed by atoms with Crippen molar-refractivity contribution in [3.8, 4) is 33.4 Å². The summed E-state index contributed by atoms with van der Waals surface area (Å²) in [6.45, 7) is 0. The summed E-state index contributed by atoms with van der Waals surface area (Å²) in [5, 5.41) is 5.16. The van der Waals surface area contributed by atoms with E-state index in [1.807, 2.05) is 0 Å². The molecule has 55 heavy (non-hydrogen) atoms. The van der Waals surface area contributed by atoms with E-state index in [0.717, 1.165) is 23.7 Å². The molecule has 0 aromatic heterocycles. The van der Waals surface area contributed by atoms with Crippen LogP contribution in [-0.2, 0) is 5.41 Å². The highest BCUT2D eigenvalue weighted by molar-refractivity contribution is 6.08. The molecule has 0 aliphatic heterocycles. The van der Waals surface area contributed by atoms with Crippen molar-refractivity contribution >= 4 is 38.6 Å². The Balaban J connectivity index is 0.953. The quantitative estimate of drug-likeness (QED) is 0.161. The highest BCUT2D eigenvalue weighted by atomic mass is 15.1. The highest BCUT2D eigenvalue weighted by Gasteiger charge is 2.84. The van der Waals surface area contributed by atoms with Crippen LogP contribution in [0.5, 0.6) is 0 Å². The summed E-state index contributed by atoms with van der Waals surface area (Å²) < 4.78 is 0. The molecule has 4 fully saturated rings. The number of hydrogen-bond donors (Lipinski definition) is 0. The van der Waals surface area contributed by atoms with E-state index in [4.69, 9.17) is 0 Å². The summed E-state index contributed by atoms with van der Waals surface area (Å²) in [5.74, 6) is 3.49. The standard InChI is InChI=1S/C54H41N/c1-2-8-35(9-3-1)36-14-16-37(17-15-36)38-20-22-42(23-21-38)55(43-24-26-46-40(30-43)19-18-39-10-4-5-11-45(39)46)44-25-27-48-47-12-6-7-13-49(47)54(50(48)32-44)51-29-34-28-41-31-52(54)53(41,51)33-34/h1-27,30,32,34,41,51-52H,28-29,31,33H2. The van der Waals surface area contributed by atoms with E-state index < -0.39 is 0 Å². The lowest BCUT2D eigenvalue weighted by atomic mass is 9.27. The molecule has 13 rings (SSSR count). The van der Waals surface area contributed by atoms with Gasteiger partial charge in [0.05, 0.1) is 0 Å². The van der Waals surface area contributed by atoms with Crippen LogP contribution in [0.4, 0.5) is 17.1 Å². The van der Waals surface area contributed by atoms with Gasteiger partial charge in [-0.2, -0.15) is 0 Å². The molecule has 1 heteroatoms. The molecule has 0 saturated heterocycles. The minimum Gasteiger partial charge on any atom is -0.310 e. The zero-order valence-corrected chi connectivity index (χ0v) is 30.8. The van der Waals surface area contributed by atoms with Crippen LogP contribution in [-0.4, -0.2) is 0 Å². The second kappa shape index (κ2) is 10.9. The third-order valence-corrected chi connectivity index (χ3v) is 15.3. The van der Waals surface area contributed by atoms with E-state index in [9.17, 15) is 0 Å². The first-order valence-electron chi connectivity index (χ1n) is 20.4. The van der Waals surface area contributed by atoms with Crippen LogP contribution < -0.4 is 4.90 Å². The summed E-state index contributed by atoms with van der Waals surface area (Å²) in [6, 6.07) is 66.3. The average Bonchev–Trinajstić information content (AvgIpc) is 3.88. The van der Waals surface area contributed by atoms with Crippen molar-refractivity contribution in [3.63, 3.8) is 0 Å². The maximum atomic E-state index is 2.63. The van der Waals surface area contributed by atoms with Gasteiger partial charge in [-0.15, -0.1) is 0 Å². The monoisotopic (exact) mass is 703 g/mol. The molecular formula is C54H41N. The number of anilines is 3. The predicted octanol–water partition coefficient (Wildman–Crippen LogP) is 14.1. The maximum absolute atomic E-state index is 2.63. The SMILES string of the molecule is c1ccc(-c2ccc(-c3ccc(N(c4ccc5c(c4)C4(c6ccccc6-5)C5CC6CC7CC4C75C6)c4ccc5c(ccc6ccccc65)c4)cc3)cc2)cc1. The van der Waals surface area contributed by atoms with Crippen LogP contribution in [0.15, 0.2) is 176 Å². The van der Waals surface area contributed by atoms with Crippen LogP contribution in [0, 0.1) is 29.1 Å². The van der Waals surface area contributed by atoms with Gasteiger partial charge in [0.15, 0.2) is 0 Å². The van der Waals surface area contributed by atoms with Gasteiger partial charge in [-0.3, -0.25) is 0 Å². The molecule has 4 saturated carbocycles. The fourth-order valence-electron chi connectivity index (χ4n) is 13.3. The molecule has 0 radical (unpaired) electrons. The van der Waals surface area contributed by atoms with Crippen LogP contribution in [0.1, 0.15) is 36.8 Å². The molecule has 0 N–H and O–H groups in total. The number of fused-ring (bicyclic) bond motifs is 11. The van der Waals surface area contributed by atoms with Gasteiger partial charge in [-0.25, -0.2) is 0 Å². The second-order valence-electron chi connectivity index (χ2n) is 17.4. The van der Waals surface area contributed by atoms with Crippen LogP contribution in [0.3, 0.4) is 0 Å². The lowest BCUT2D eigenvalue weighted by molar-refractivity contribution is -0.231. The topological polar surface area (TPSA) is 3.24 Å². The zero-order chi connectivity index (χ0) is 35.9. The van der Waals surface area contributed by atoms with Crippen molar-refractivity contribution in [2.45, 2.75) is 31.1 Å². The first kappa shape index (κ1) is 30.4. The normalized spacial score (nSPS) is 26.0. The first-order valence-corrected chi connectivity index (χ1v) is 20.4. The van der Waals surface area contributed by atoms with Crippen molar-refractivity contribution in [3.05, 3.63) is 187 Å². The van der Waals surface area contributed by atoms with E-state index in [0.29, 0.717) is 5.41 Å². The van der Waals surface area contributed by atoms with Crippen molar-refractivity contribution in [1.29, 1.82) is 0 Å². The van der Waals surface area contributed by atoms with Gasteiger partial charge in [-0.1, -0.05) is 140 Å². The Morgan fingerprint density at radius 2 is 1.02 bits per heavy atom. The number of nitrogens with zero attached hydrogens (tertiary/aromatic N) is 1. The molecule has 2 spiro atoms. The molecule has 2 bridgehead atoms. The fraction of sp³-hybridized carbons (Fsp3) is 0.185. The van der Waals surface area contributed by atoms with Crippen molar-refractivity contribution in [2.75, 3.05) is 4.90 Å². The molecular weight excluding hydrogens is 663 g/mol. The van der Waals surface area contributed by atoms with Crippen LogP contribution in [0.25, 0.3) is 54.9 Å². The third kappa shape index (κ3) is 3.89. The maximum Gasteiger partial charge on any atom is 0.0468 e. The molecule has 5 aliphatic rings. The Kier molecular flexibility index (Phi) is 6.00. The fourth-order valence-corrected chi connectivity index (χ4v) is 13.3. The van der Waals surface area contributed by atoms with Gasteiger partial charge in [-0.05, 0) is 157 Å². The number of hydrogen-bond acceptors (Lipinski definition) is 1. The van der Waals surface area contributed by atoms with Gasteiger partial charge in [0.2, 0.25) is 0 Å². The largest absolute Gasteiger partial charge is 0.310 e. The minimum atomic E-state index is 0.164. The average molecular weight is 704 g/mol. The van der Waals surface area contributed by atoms with E-state index in [1.54, 1.807) is 11.1 Å². The Bertz CT molecular complexity index is 2850. The Morgan fingerprint density at radius 3 is 1.84 bits per heavy atom. The lowest BCUT2D eigenvalue weighted by Crippen LogP contribution is -2.73. The first-order chi connectivity index (χ1) is 27.2. The summed E-state index contributed by atoms with van der Waals surface area (Å²) in [5.41, 5.74) is 15.5. The van der Waals surface area contributed by atoms with Gasteiger partial charge in [0, 0.05) is 22.5 Å². The summed E-state index contributed by atoms with van der Waals surface area (Å²) >= 11 is 0. The van der Waals surface area contributed by atoms with Crippen molar-refractivity contribution in [1.82, 2.24) is 0 Å². The number of rotatable bonds is 5. The van der Waals surface area contributed by atoms with E-state index in [-0.39, 0.29) is 5.41 Å². The third-order valence-electron chi connectivity index (χ3n) is 15.3. The predicted molar refractivity (Wildman–Crippen MR) is 228 cm³/mol. The molecule has 8 aromatic carbocycles. The van der Waals surface area contributed by atoms with Gasteiger partial charge >= 0.3 is 0 Å². The molecule has 262 valence electrons. The highest BCUT2D eigenvalue weighted by Crippen LogP contribution is 2.89. The smallest absolute Gasteiger partial charge is 0.0468 e. The van der Waals surface area contributed by atoms with E-state index >= 15 is 0 Å². The Hall–Kier alpha value is -5.92. The Morgan fingerprint density at radius 1 is 0.418 bits per heavy atom. The molecule has 0 amide bonds. The molecule has 8 aromatic rings. The lowest BCUT2D eigenvalue weighted by Gasteiger charge is -2.76. The summed E-state index contributed by atoms with van der Waals surface area (Å²) in [7, 11) is 0. The minimum absolute atomic E-state index is 0.164. The summed E-state index contributed by atoms with van der Waals surface area (Å²) in [4.78, 5) is 2.52. The molecule has 0 heterocycles. The van der Waals surface area contributed by atoms with Gasteiger partial charge < -0.3 is 4.90 Å². The zero-order valence-electron chi connectivity index (χ0n) is 30.8. The second-order valence-corrected chi connectivity index (χ2v) is 17.4.